The highest BCUT2D eigenvalue weighted by Gasteiger charge is 2.02. The van der Waals surface area contributed by atoms with Crippen LogP contribution in [0.4, 0.5) is 0 Å². The van der Waals surface area contributed by atoms with Gasteiger partial charge in [0.05, 0.1) is 8.80 Å². The van der Waals surface area contributed by atoms with E-state index in [9.17, 15) is 0 Å². The van der Waals surface area contributed by atoms with E-state index in [1.54, 1.807) is 0 Å². The van der Waals surface area contributed by atoms with Crippen molar-refractivity contribution >= 4 is 35.2 Å². The van der Waals surface area contributed by atoms with Crippen LogP contribution in [0.2, 0.25) is 26.2 Å². The van der Waals surface area contributed by atoms with Crippen LogP contribution >= 0.6 is 0 Å². The molecule has 0 nitrogen and oxygen atoms in total. The standard InChI is InChI=1S/C12H16Si4/c1-13-5-7-14(2)9-11-16(4)12-10-15(3)8-6-13/h5-8H,1-4H3/b7-5+,8-6+. The molecular weight excluding hydrogens is 256 g/mol. The third-order valence-corrected chi connectivity index (χ3v) is 8.01. The highest BCUT2D eigenvalue weighted by molar-refractivity contribution is 6.82. The van der Waals surface area contributed by atoms with Crippen LogP contribution < -0.4 is 0 Å². The molecule has 0 aromatic rings. The maximum Gasteiger partial charge on any atom is 0.229 e. The van der Waals surface area contributed by atoms with Crippen molar-refractivity contribution in [2.75, 3.05) is 0 Å². The molecule has 0 aromatic carbocycles. The Labute approximate surface area is 106 Å². The van der Waals surface area contributed by atoms with E-state index >= 15 is 0 Å². The summed E-state index contributed by atoms with van der Waals surface area (Å²) >= 11 is 0. The second kappa shape index (κ2) is 6.92. The minimum Gasteiger partial charge on any atom is -0.134 e. The summed E-state index contributed by atoms with van der Waals surface area (Å²) in [6, 6.07) is 0. The number of rotatable bonds is 0. The molecule has 16 heavy (non-hydrogen) atoms. The molecule has 1 aliphatic rings. The lowest BCUT2D eigenvalue weighted by atomic mass is 11.2. The molecule has 0 saturated heterocycles. The maximum atomic E-state index is 3.40. The predicted molar refractivity (Wildman–Crippen MR) is 80.3 cm³/mol. The van der Waals surface area contributed by atoms with Crippen molar-refractivity contribution in [3.63, 3.8) is 0 Å². The van der Waals surface area contributed by atoms with Crippen molar-refractivity contribution < 1.29 is 0 Å². The number of hydrogen-bond acceptors (Lipinski definition) is 0. The summed E-state index contributed by atoms with van der Waals surface area (Å²) in [6.07, 6.45) is 0. The quantitative estimate of drug-likeness (QED) is 0.467. The lowest BCUT2D eigenvalue weighted by Crippen LogP contribution is -2.11. The summed E-state index contributed by atoms with van der Waals surface area (Å²) in [6.45, 7) is 9.04. The van der Waals surface area contributed by atoms with Gasteiger partial charge in [0.15, 0.2) is 17.6 Å². The lowest BCUT2D eigenvalue weighted by molar-refractivity contribution is 2.03. The van der Waals surface area contributed by atoms with Crippen LogP contribution in [0.5, 0.6) is 0 Å². The fraction of sp³-hybridized carbons (Fsp3) is 0.333. The molecule has 0 fully saturated rings. The van der Waals surface area contributed by atoms with E-state index in [4.69, 9.17) is 0 Å². The topological polar surface area (TPSA) is 0 Å². The second-order valence-electron chi connectivity index (χ2n) is 3.90. The normalized spacial score (nSPS) is 24.2. The Hall–Kier alpha value is -0.532. The van der Waals surface area contributed by atoms with Gasteiger partial charge in [-0.1, -0.05) is 42.4 Å². The highest BCUT2D eigenvalue weighted by Crippen LogP contribution is 1.94. The van der Waals surface area contributed by atoms with Crippen molar-refractivity contribution in [3.05, 3.63) is 22.8 Å². The van der Waals surface area contributed by atoms with E-state index in [1.165, 1.54) is 0 Å². The highest BCUT2D eigenvalue weighted by atomic mass is 28.3. The summed E-state index contributed by atoms with van der Waals surface area (Å²) in [7, 11) is -2.32. The molecule has 0 N–H and O–H groups in total. The molecule has 0 aromatic heterocycles. The second-order valence-corrected chi connectivity index (χ2v) is 11.7. The average molecular weight is 273 g/mol. The third kappa shape index (κ3) is 5.52. The third-order valence-electron chi connectivity index (χ3n) is 2.09. The van der Waals surface area contributed by atoms with Crippen LogP contribution in [-0.2, 0) is 0 Å². The monoisotopic (exact) mass is 272 g/mol. The van der Waals surface area contributed by atoms with Crippen molar-refractivity contribution in [1.82, 2.24) is 0 Å². The van der Waals surface area contributed by atoms with Gasteiger partial charge in [-0.25, -0.2) is 0 Å². The first-order valence-electron chi connectivity index (χ1n) is 5.32. The molecule has 0 amide bonds. The molecule has 0 aliphatic carbocycles. The van der Waals surface area contributed by atoms with Crippen molar-refractivity contribution in [2.24, 2.45) is 0 Å². The Morgan fingerprint density at radius 2 is 1.06 bits per heavy atom. The summed E-state index contributed by atoms with van der Waals surface area (Å²) in [5, 5.41) is 0. The number of hydrogen-bond donors (Lipinski definition) is 0. The van der Waals surface area contributed by atoms with Gasteiger partial charge in [-0.3, -0.25) is 0 Å². The predicted octanol–water partition coefficient (Wildman–Crippen LogP) is 1.93. The van der Waals surface area contributed by atoms with Gasteiger partial charge in [0, 0.05) is 0 Å². The van der Waals surface area contributed by atoms with Gasteiger partial charge in [-0.05, 0) is 6.55 Å². The van der Waals surface area contributed by atoms with E-state index in [0.29, 0.717) is 0 Å². The fourth-order valence-corrected chi connectivity index (χ4v) is 8.59. The fourth-order valence-electron chi connectivity index (χ4n) is 1.07. The molecule has 1 heterocycles. The zero-order chi connectivity index (χ0) is 12.0. The molecule has 0 saturated carbocycles. The van der Waals surface area contributed by atoms with E-state index < -0.39 is 35.2 Å². The lowest BCUT2D eigenvalue weighted by Gasteiger charge is -1.99. The smallest absolute Gasteiger partial charge is 0.134 e. The SMILES string of the molecule is C[Si]1C#C[Si](C)/C=C/[Si](C)/C=C/[Si](C)C#C1. The van der Waals surface area contributed by atoms with E-state index in [1.807, 2.05) is 0 Å². The molecule has 80 valence electrons. The molecule has 0 bridgehead atoms. The summed E-state index contributed by atoms with van der Waals surface area (Å²) < 4.78 is 0. The summed E-state index contributed by atoms with van der Waals surface area (Å²) in [4.78, 5) is 0. The zero-order valence-electron chi connectivity index (χ0n) is 10.3. The Bertz CT molecular complexity index is 364. The Morgan fingerprint density at radius 3 is 1.50 bits per heavy atom. The van der Waals surface area contributed by atoms with Crippen LogP contribution in [0.15, 0.2) is 22.8 Å². The van der Waals surface area contributed by atoms with Crippen LogP contribution in [0, 0.1) is 22.2 Å². The Kier molecular flexibility index (Phi) is 5.86. The zero-order valence-corrected chi connectivity index (χ0v) is 14.3. The van der Waals surface area contributed by atoms with E-state index in [0.717, 1.165) is 0 Å². The van der Waals surface area contributed by atoms with E-state index in [-0.39, 0.29) is 0 Å². The first-order chi connectivity index (χ1) is 7.58. The molecule has 4 radical (unpaired) electrons. The first-order valence-corrected chi connectivity index (χ1v) is 13.6. The minimum absolute atomic E-state index is 0.434. The molecule has 0 atom stereocenters. The maximum absolute atomic E-state index is 3.40. The van der Waals surface area contributed by atoms with Crippen LogP contribution in [0.3, 0.4) is 0 Å². The first kappa shape index (κ1) is 13.5. The molecule has 0 spiro atoms. The minimum atomic E-state index is -0.728. The average Bonchev–Trinajstić information content (AvgIpc) is 2.27. The summed E-state index contributed by atoms with van der Waals surface area (Å²) in [5.74, 6) is 0. The molecule has 1 rings (SSSR count). The van der Waals surface area contributed by atoms with Gasteiger partial charge in [-0.2, -0.15) is 0 Å². The van der Waals surface area contributed by atoms with Crippen molar-refractivity contribution in [2.45, 2.75) is 26.2 Å². The molecular formula is C12H16Si4. The van der Waals surface area contributed by atoms with Gasteiger partial charge in [-0.15, -0.1) is 22.2 Å². The Morgan fingerprint density at radius 1 is 0.625 bits per heavy atom. The van der Waals surface area contributed by atoms with Crippen molar-refractivity contribution in [1.29, 1.82) is 0 Å². The molecule has 4 heteroatoms. The Balaban J connectivity index is 2.91. The van der Waals surface area contributed by atoms with Crippen molar-refractivity contribution in [3.8, 4) is 22.2 Å². The largest absolute Gasteiger partial charge is 0.229 e. The van der Waals surface area contributed by atoms with Gasteiger partial charge < -0.3 is 0 Å². The van der Waals surface area contributed by atoms with Gasteiger partial charge in [0.25, 0.3) is 0 Å². The molecule has 1 aliphatic heterocycles. The summed E-state index contributed by atoms with van der Waals surface area (Å²) in [5.41, 5.74) is 23.0. The van der Waals surface area contributed by atoms with Gasteiger partial charge in [0.1, 0.15) is 0 Å². The van der Waals surface area contributed by atoms with Gasteiger partial charge in [0.2, 0.25) is 8.80 Å². The van der Waals surface area contributed by atoms with Gasteiger partial charge >= 0.3 is 0 Å². The van der Waals surface area contributed by atoms with E-state index in [2.05, 4.69) is 71.2 Å². The van der Waals surface area contributed by atoms with Crippen LogP contribution in [-0.4, -0.2) is 35.2 Å². The van der Waals surface area contributed by atoms with Crippen LogP contribution in [0.1, 0.15) is 0 Å². The van der Waals surface area contributed by atoms with Crippen LogP contribution in [0.25, 0.3) is 0 Å². The molecule has 0 unspecified atom stereocenters.